The molecule has 1 aliphatic rings. The number of nitro groups is 1. The molecule has 8 heteroatoms. The molecule has 2 heterocycles. The normalized spacial score (nSPS) is 17.2. The summed E-state index contributed by atoms with van der Waals surface area (Å²) in [6.45, 7) is 1.65. The van der Waals surface area contributed by atoms with E-state index in [2.05, 4.69) is 15.2 Å². The molecule has 0 bridgehead atoms. The highest BCUT2D eigenvalue weighted by atomic mass is 16.6. The Morgan fingerprint density at radius 3 is 2.58 bits per heavy atom. The zero-order chi connectivity index (χ0) is 13.6. The van der Waals surface area contributed by atoms with E-state index in [1.54, 1.807) is 29.7 Å². The molecular formula is C11H14N6O2. The van der Waals surface area contributed by atoms with Crippen molar-refractivity contribution in [3.63, 3.8) is 0 Å². The number of aryl methyl sites for hydroxylation is 2. The van der Waals surface area contributed by atoms with E-state index in [0.29, 0.717) is 11.5 Å². The van der Waals surface area contributed by atoms with Crippen molar-refractivity contribution in [2.24, 2.45) is 7.05 Å². The highest BCUT2D eigenvalue weighted by Gasteiger charge is 2.45. The van der Waals surface area contributed by atoms with Gasteiger partial charge in [-0.05, 0) is 26.2 Å². The Labute approximate surface area is 109 Å². The summed E-state index contributed by atoms with van der Waals surface area (Å²) in [5, 5.41) is 19.6. The third-order valence-electron chi connectivity index (χ3n) is 3.70. The van der Waals surface area contributed by atoms with Crippen LogP contribution in [-0.4, -0.2) is 29.5 Å². The van der Waals surface area contributed by atoms with Crippen molar-refractivity contribution in [2.45, 2.75) is 31.7 Å². The summed E-state index contributed by atoms with van der Waals surface area (Å²) in [5.74, 6) is 0.679. The van der Waals surface area contributed by atoms with E-state index in [0.717, 1.165) is 19.3 Å². The third-order valence-corrected chi connectivity index (χ3v) is 3.70. The number of rotatable bonds is 3. The lowest BCUT2D eigenvalue weighted by Gasteiger charge is -2.39. The van der Waals surface area contributed by atoms with Crippen LogP contribution in [0.3, 0.4) is 0 Å². The third kappa shape index (κ3) is 1.63. The van der Waals surface area contributed by atoms with E-state index >= 15 is 0 Å². The van der Waals surface area contributed by atoms with Gasteiger partial charge in [0.25, 0.3) is 0 Å². The maximum Gasteiger partial charge on any atom is 0.309 e. The van der Waals surface area contributed by atoms with E-state index in [1.807, 2.05) is 0 Å². The van der Waals surface area contributed by atoms with Crippen LogP contribution in [-0.2, 0) is 12.6 Å². The van der Waals surface area contributed by atoms with Crippen LogP contribution >= 0.6 is 0 Å². The molecule has 8 nitrogen and oxygen atoms in total. The number of nitrogens with zero attached hydrogens (tertiary/aromatic N) is 6. The highest BCUT2D eigenvalue weighted by molar-refractivity contribution is 5.33. The molecule has 0 saturated heterocycles. The average Bonchev–Trinajstić information content (AvgIpc) is 2.85. The van der Waals surface area contributed by atoms with Crippen molar-refractivity contribution in [2.75, 3.05) is 0 Å². The van der Waals surface area contributed by atoms with Gasteiger partial charge in [-0.3, -0.25) is 19.5 Å². The van der Waals surface area contributed by atoms with Crippen LogP contribution in [0.5, 0.6) is 0 Å². The van der Waals surface area contributed by atoms with Gasteiger partial charge in [-0.2, -0.15) is 10.2 Å². The Bertz CT molecular complexity index is 639. The van der Waals surface area contributed by atoms with Gasteiger partial charge in [0.2, 0.25) is 0 Å². The van der Waals surface area contributed by atoms with Crippen molar-refractivity contribution in [1.82, 2.24) is 24.5 Å². The fourth-order valence-corrected chi connectivity index (χ4v) is 2.47. The van der Waals surface area contributed by atoms with Crippen LogP contribution < -0.4 is 0 Å². The first kappa shape index (κ1) is 11.8. The first-order valence-electron chi connectivity index (χ1n) is 6.10. The number of hydrogen-bond acceptors (Lipinski definition) is 5. The maximum atomic E-state index is 10.9. The smallest absolute Gasteiger partial charge is 0.258 e. The van der Waals surface area contributed by atoms with Gasteiger partial charge in [0, 0.05) is 7.05 Å². The lowest BCUT2D eigenvalue weighted by Crippen LogP contribution is -2.43. The molecule has 0 atom stereocenters. The van der Waals surface area contributed by atoms with E-state index in [1.165, 1.54) is 6.20 Å². The summed E-state index contributed by atoms with van der Waals surface area (Å²) in [5.41, 5.74) is 0.0507. The first-order valence-corrected chi connectivity index (χ1v) is 6.10. The maximum absolute atomic E-state index is 10.9. The molecule has 1 fully saturated rings. The Kier molecular flexibility index (Phi) is 2.41. The van der Waals surface area contributed by atoms with Crippen LogP contribution in [0.1, 0.15) is 30.8 Å². The predicted octanol–water partition coefficient (Wildman–Crippen LogP) is 1.16. The van der Waals surface area contributed by atoms with Gasteiger partial charge in [-0.25, -0.2) is 4.98 Å². The van der Waals surface area contributed by atoms with Gasteiger partial charge < -0.3 is 0 Å². The molecule has 0 spiro atoms. The Morgan fingerprint density at radius 1 is 1.42 bits per heavy atom. The summed E-state index contributed by atoms with van der Waals surface area (Å²) in [6.07, 6.45) is 5.89. The Balaban J connectivity index is 2.08. The lowest BCUT2D eigenvalue weighted by molar-refractivity contribution is -0.385. The minimum absolute atomic E-state index is 0.0437. The van der Waals surface area contributed by atoms with E-state index in [4.69, 9.17) is 0 Å². The van der Waals surface area contributed by atoms with Crippen LogP contribution in [0, 0.1) is 17.0 Å². The molecule has 100 valence electrons. The molecule has 0 aromatic carbocycles. The number of hydrogen-bond donors (Lipinski definition) is 0. The van der Waals surface area contributed by atoms with Crippen molar-refractivity contribution in [3.8, 4) is 0 Å². The van der Waals surface area contributed by atoms with Gasteiger partial charge in [0.05, 0.1) is 4.92 Å². The second-order valence-electron chi connectivity index (χ2n) is 4.93. The molecule has 0 radical (unpaired) electrons. The zero-order valence-electron chi connectivity index (χ0n) is 10.8. The van der Waals surface area contributed by atoms with Crippen molar-refractivity contribution in [1.29, 1.82) is 0 Å². The standard InChI is InChI=1S/C11H14N6O2/c1-8-9(17(18)19)6-16(13-8)11(4-3-5-11)10-12-7-15(2)14-10/h6-7H,3-5H2,1-2H3. The summed E-state index contributed by atoms with van der Waals surface area (Å²) in [7, 11) is 1.81. The molecular weight excluding hydrogens is 248 g/mol. The topological polar surface area (TPSA) is 91.7 Å². The second kappa shape index (κ2) is 3.87. The average molecular weight is 262 g/mol. The fraction of sp³-hybridized carbons (Fsp3) is 0.545. The predicted molar refractivity (Wildman–Crippen MR) is 65.5 cm³/mol. The zero-order valence-corrected chi connectivity index (χ0v) is 10.8. The Morgan fingerprint density at radius 2 is 2.16 bits per heavy atom. The minimum Gasteiger partial charge on any atom is -0.258 e. The number of aromatic nitrogens is 5. The van der Waals surface area contributed by atoms with Crippen molar-refractivity contribution >= 4 is 5.69 Å². The van der Waals surface area contributed by atoms with Gasteiger partial charge in [-0.1, -0.05) is 0 Å². The molecule has 2 aromatic heterocycles. The van der Waals surface area contributed by atoms with Gasteiger partial charge in [-0.15, -0.1) is 0 Å². The van der Waals surface area contributed by atoms with Gasteiger partial charge in [0.15, 0.2) is 5.82 Å². The molecule has 2 aromatic rings. The lowest BCUT2D eigenvalue weighted by atomic mass is 9.76. The molecule has 1 aliphatic carbocycles. The summed E-state index contributed by atoms with van der Waals surface area (Å²) >= 11 is 0. The molecule has 0 amide bonds. The van der Waals surface area contributed by atoms with Crippen molar-refractivity contribution < 1.29 is 4.92 Å². The quantitative estimate of drug-likeness (QED) is 0.611. The molecule has 0 unspecified atom stereocenters. The van der Waals surface area contributed by atoms with Gasteiger partial charge >= 0.3 is 5.69 Å². The summed E-state index contributed by atoms with van der Waals surface area (Å²) in [4.78, 5) is 14.8. The molecule has 1 saturated carbocycles. The highest BCUT2D eigenvalue weighted by Crippen LogP contribution is 2.43. The van der Waals surface area contributed by atoms with E-state index < -0.39 is 10.5 Å². The fourth-order valence-electron chi connectivity index (χ4n) is 2.47. The minimum atomic E-state index is -0.416. The van der Waals surface area contributed by atoms with Crippen LogP contribution in [0.2, 0.25) is 0 Å². The SMILES string of the molecule is Cc1nn(C2(c3ncn(C)n3)CCC2)cc1[N+](=O)[O-]. The van der Waals surface area contributed by atoms with E-state index in [9.17, 15) is 10.1 Å². The largest absolute Gasteiger partial charge is 0.309 e. The summed E-state index contributed by atoms with van der Waals surface area (Å²) < 4.78 is 3.31. The molecule has 3 rings (SSSR count). The van der Waals surface area contributed by atoms with Crippen LogP contribution in [0.15, 0.2) is 12.5 Å². The Hall–Kier alpha value is -2.25. The molecule has 19 heavy (non-hydrogen) atoms. The van der Waals surface area contributed by atoms with E-state index in [-0.39, 0.29) is 5.69 Å². The van der Waals surface area contributed by atoms with Crippen molar-refractivity contribution in [3.05, 3.63) is 34.2 Å². The monoisotopic (exact) mass is 262 g/mol. The van der Waals surface area contributed by atoms with Gasteiger partial charge in [0.1, 0.15) is 23.8 Å². The molecule has 0 aliphatic heterocycles. The molecule has 0 N–H and O–H groups in total. The van der Waals surface area contributed by atoms with Crippen LogP contribution in [0.4, 0.5) is 5.69 Å². The van der Waals surface area contributed by atoms with Crippen LogP contribution in [0.25, 0.3) is 0 Å². The summed E-state index contributed by atoms with van der Waals surface area (Å²) in [6, 6.07) is 0. The second-order valence-corrected chi connectivity index (χ2v) is 4.93. The first-order chi connectivity index (χ1) is 9.03.